The van der Waals surface area contributed by atoms with Crippen LogP contribution < -0.4 is 5.73 Å². The lowest BCUT2D eigenvalue weighted by Crippen LogP contribution is -2.03. The van der Waals surface area contributed by atoms with Crippen molar-refractivity contribution in [3.8, 4) is 0 Å². The number of amidine groups is 1. The van der Waals surface area contributed by atoms with E-state index in [0.717, 1.165) is 6.42 Å². The number of nitrogens with two attached hydrogens (primary N) is 1. The Balaban J connectivity index is 3.26. The van der Waals surface area contributed by atoms with Crippen molar-refractivity contribution >= 4 is 5.84 Å². The van der Waals surface area contributed by atoms with Gasteiger partial charge in [0, 0.05) is 0 Å². The highest BCUT2D eigenvalue weighted by molar-refractivity contribution is 5.88. The maximum atomic E-state index is 6.69. The lowest BCUT2D eigenvalue weighted by Gasteiger charge is -1.78. The normalized spacial score (nSPS) is 9.86. The van der Waals surface area contributed by atoms with Gasteiger partial charge in [0.1, 0.15) is 5.84 Å². The molecule has 0 aromatic rings. The summed E-state index contributed by atoms with van der Waals surface area (Å²) in [5.41, 5.74) is 4.97. The first-order valence-corrected chi connectivity index (χ1v) is 2.28. The molecule has 0 spiro atoms. The quantitative estimate of drug-likeness (QED) is 0.391. The molecule has 0 aliphatic heterocycles. The van der Waals surface area contributed by atoms with Crippen LogP contribution in [0.3, 0.4) is 0 Å². The molecule has 0 aliphatic carbocycles. The van der Waals surface area contributed by atoms with Crippen molar-refractivity contribution in [2.45, 2.75) is 13.3 Å². The number of nitrogens with one attached hydrogen (secondary N) is 1. The Morgan fingerprint density at radius 2 is 2.43 bits per heavy atom. The maximum Gasteiger partial charge on any atom is 0.114 e. The van der Waals surface area contributed by atoms with Crippen LogP contribution in [-0.2, 0) is 0 Å². The summed E-state index contributed by atoms with van der Waals surface area (Å²) in [4.78, 5) is 0. The predicted molar refractivity (Wildman–Crippen MR) is 31.3 cm³/mol. The minimum absolute atomic E-state index is 0.127. The molecule has 0 aliphatic rings. The average molecular weight is 98.1 g/mol. The monoisotopic (exact) mass is 98.1 g/mol. The van der Waals surface area contributed by atoms with Crippen LogP contribution in [0.1, 0.15) is 13.3 Å². The third-order valence-electron chi connectivity index (χ3n) is 0.533. The lowest BCUT2D eigenvalue weighted by molar-refractivity contribution is 1.22. The molecular formula is C5H10N2. The average Bonchev–Trinajstić information content (AvgIpc) is 1.61. The van der Waals surface area contributed by atoms with Crippen LogP contribution in [0.15, 0.2) is 12.2 Å². The summed E-state index contributed by atoms with van der Waals surface area (Å²) >= 11 is 0. The fourth-order valence-corrected chi connectivity index (χ4v) is 0.245. The van der Waals surface area contributed by atoms with Gasteiger partial charge in [0.15, 0.2) is 0 Å². The van der Waals surface area contributed by atoms with Crippen LogP contribution in [0.4, 0.5) is 0 Å². The fourth-order valence-electron chi connectivity index (χ4n) is 0.245. The molecule has 0 fully saturated rings. The molecule has 0 saturated carbocycles. The van der Waals surface area contributed by atoms with E-state index in [0.29, 0.717) is 0 Å². The van der Waals surface area contributed by atoms with Gasteiger partial charge in [-0.05, 0) is 12.5 Å². The molecule has 0 bridgehead atoms. The first-order valence-electron chi connectivity index (χ1n) is 2.28. The minimum atomic E-state index is 0.127. The van der Waals surface area contributed by atoms with E-state index in [1.807, 2.05) is 13.0 Å². The second-order valence-corrected chi connectivity index (χ2v) is 1.27. The largest absolute Gasteiger partial charge is 0.384 e. The van der Waals surface area contributed by atoms with Gasteiger partial charge in [-0.25, -0.2) is 0 Å². The number of hydrogen-bond acceptors (Lipinski definition) is 1. The summed E-state index contributed by atoms with van der Waals surface area (Å²) in [6, 6.07) is 0. The molecule has 0 unspecified atom stereocenters. The van der Waals surface area contributed by atoms with E-state index in [9.17, 15) is 0 Å². The standard InChI is InChI=1S/C5H10N2/c1-2-3-4-5(6)7/h3-4H,2H2,1H3,(H3,6,7)/b4-3-. The third-order valence-corrected chi connectivity index (χ3v) is 0.533. The maximum absolute atomic E-state index is 6.69. The first kappa shape index (κ1) is 6.21. The van der Waals surface area contributed by atoms with Gasteiger partial charge in [-0.15, -0.1) is 0 Å². The molecule has 0 radical (unpaired) electrons. The van der Waals surface area contributed by atoms with Crippen LogP contribution in [0.2, 0.25) is 0 Å². The van der Waals surface area contributed by atoms with Gasteiger partial charge in [0.05, 0.1) is 0 Å². The van der Waals surface area contributed by atoms with E-state index < -0.39 is 0 Å². The summed E-state index contributed by atoms with van der Waals surface area (Å²) in [6.45, 7) is 2.00. The van der Waals surface area contributed by atoms with Crippen LogP contribution in [-0.4, -0.2) is 5.84 Å². The zero-order valence-electron chi connectivity index (χ0n) is 4.44. The number of rotatable bonds is 2. The SMILES string of the molecule is CC/C=C\C(=N)N. The Hall–Kier alpha value is -0.790. The van der Waals surface area contributed by atoms with E-state index in [2.05, 4.69) is 0 Å². The van der Waals surface area contributed by atoms with E-state index >= 15 is 0 Å². The van der Waals surface area contributed by atoms with Crippen LogP contribution >= 0.6 is 0 Å². The van der Waals surface area contributed by atoms with E-state index in [1.165, 1.54) is 0 Å². The minimum Gasteiger partial charge on any atom is -0.384 e. The second-order valence-electron chi connectivity index (χ2n) is 1.27. The van der Waals surface area contributed by atoms with Crippen molar-refractivity contribution in [2.24, 2.45) is 5.73 Å². The summed E-state index contributed by atoms with van der Waals surface area (Å²) < 4.78 is 0. The topological polar surface area (TPSA) is 49.9 Å². The zero-order chi connectivity index (χ0) is 5.70. The Morgan fingerprint density at radius 3 is 2.57 bits per heavy atom. The van der Waals surface area contributed by atoms with Gasteiger partial charge in [-0.1, -0.05) is 13.0 Å². The van der Waals surface area contributed by atoms with Crippen molar-refractivity contribution in [3.05, 3.63) is 12.2 Å². The summed E-state index contributed by atoms with van der Waals surface area (Å²) in [5, 5.41) is 6.69. The van der Waals surface area contributed by atoms with E-state index in [1.54, 1.807) is 6.08 Å². The summed E-state index contributed by atoms with van der Waals surface area (Å²) in [6.07, 6.45) is 4.38. The van der Waals surface area contributed by atoms with Gasteiger partial charge in [0.25, 0.3) is 0 Å². The van der Waals surface area contributed by atoms with Crippen molar-refractivity contribution in [1.82, 2.24) is 0 Å². The van der Waals surface area contributed by atoms with Gasteiger partial charge in [0.2, 0.25) is 0 Å². The summed E-state index contributed by atoms with van der Waals surface area (Å²) in [7, 11) is 0. The van der Waals surface area contributed by atoms with Crippen molar-refractivity contribution in [3.63, 3.8) is 0 Å². The number of hydrogen-bond donors (Lipinski definition) is 2. The lowest BCUT2D eigenvalue weighted by atomic mass is 10.4. The van der Waals surface area contributed by atoms with Gasteiger partial charge in [-0.2, -0.15) is 0 Å². The second kappa shape index (κ2) is 3.40. The molecule has 0 aromatic heterocycles. The molecule has 0 aromatic carbocycles. The van der Waals surface area contributed by atoms with E-state index in [-0.39, 0.29) is 5.84 Å². The molecule has 0 atom stereocenters. The Kier molecular flexibility index (Phi) is 3.02. The van der Waals surface area contributed by atoms with Crippen LogP contribution in [0.25, 0.3) is 0 Å². The molecular weight excluding hydrogens is 88.1 g/mol. The van der Waals surface area contributed by atoms with Gasteiger partial charge in [-0.3, -0.25) is 5.41 Å². The van der Waals surface area contributed by atoms with Crippen LogP contribution in [0.5, 0.6) is 0 Å². The highest BCUT2D eigenvalue weighted by atomic mass is 14.7. The number of allylic oxidation sites excluding steroid dienone is 1. The molecule has 40 valence electrons. The van der Waals surface area contributed by atoms with Crippen molar-refractivity contribution in [1.29, 1.82) is 5.41 Å². The fraction of sp³-hybridized carbons (Fsp3) is 0.400. The molecule has 7 heavy (non-hydrogen) atoms. The third kappa shape index (κ3) is 5.21. The Labute approximate surface area is 43.5 Å². The van der Waals surface area contributed by atoms with Gasteiger partial charge < -0.3 is 5.73 Å². The molecule has 0 amide bonds. The molecule has 2 nitrogen and oxygen atoms in total. The molecule has 0 heterocycles. The van der Waals surface area contributed by atoms with Crippen LogP contribution in [0, 0.1) is 5.41 Å². The van der Waals surface area contributed by atoms with Gasteiger partial charge >= 0.3 is 0 Å². The highest BCUT2D eigenvalue weighted by Gasteiger charge is 1.70. The molecule has 0 saturated heterocycles. The molecule has 3 N–H and O–H groups in total. The summed E-state index contributed by atoms with van der Waals surface area (Å²) in [5.74, 6) is 0.127. The van der Waals surface area contributed by atoms with Crippen molar-refractivity contribution in [2.75, 3.05) is 0 Å². The zero-order valence-corrected chi connectivity index (χ0v) is 4.44. The Morgan fingerprint density at radius 1 is 1.86 bits per heavy atom. The first-order chi connectivity index (χ1) is 3.27. The van der Waals surface area contributed by atoms with Crippen molar-refractivity contribution < 1.29 is 0 Å². The Bertz CT molecular complexity index is 84.1. The smallest absolute Gasteiger partial charge is 0.114 e. The predicted octanol–water partition coefficient (Wildman–Crippen LogP) is 0.889. The highest BCUT2D eigenvalue weighted by Crippen LogP contribution is 1.75. The molecule has 0 rings (SSSR count). The van der Waals surface area contributed by atoms with E-state index in [4.69, 9.17) is 11.1 Å². The molecule has 2 heteroatoms.